The quantitative estimate of drug-likeness (QED) is 0.424. The normalized spacial score (nSPS) is 19.5. The van der Waals surface area contributed by atoms with E-state index in [0.29, 0.717) is 11.7 Å². The van der Waals surface area contributed by atoms with Crippen LogP contribution in [0.2, 0.25) is 0 Å². The molecule has 1 aliphatic heterocycles. The Kier molecular flexibility index (Phi) is 7.19. The van der Waals surface area contributed by atoms with Crippen LogP contribution in [0, 0.1) is 0 Å². The van der Waals surface area contributed by atoms with Gasteiger partial charge in [-0.05, 0) is 82.0 Å². The first-order valence-corrected chi connectivity index (χ1v) is 13.1. The number of nitrogens with zero attached hydrogens (tertiary/aromatic N) is 2. The van der Waals surface area contributed by atoms with Crippen LogP contribution in [-0.4, -0.2) is 47.2 Å². The summed E-state index contributed by atoms with van der Waals surface area (Å²) in [5.41, 5.74) is 2.72. The van der Waals surface area contributed by atoms with Gasteiger partial charge < -0.3 is 19.5 Å². The van der Waals surface area contributed by atoms with Crippen LogP contribution in [0.25, 0.3) is 16.6 Å². The summed E-state index contributed by atoms with van der Waals surface area (Å²) < 4.78 is 8.10. The van der Waals surface area contributed by atoms with Crippen molar-refractivity contribution < 1.29 is 9.53 Å². The van der Waals surface area contributed by atoms with Crippen molar-refractivity contribution in [2.24, 2.45) is 0 Å². The molecule has 1 saturated heterocycles. The van der Waals surface area contributed by atoms with Gasteiger partial charge >= 0.3 is 0 Å². The molecule has 180 valence electrons. The van der Waals surface area contributed by atoms with E-state index < -0.39 is 0 Å². The van der Waals surface area contributed by atoms with E-state index in [-0.39, 0.29) is 11.9 Å². The number of benzene rings is 2. The van der Waals surface area contributed by atoms with Gasteiger partial charge in [-0.1, -0.05) is 37.5 Å². The molecule has 1 amide bonds. The molecule has 0 spiro atoms. The number of likely N-dealkylation sites (tertiary alicyclic amines) is 1. The summed E-state index contributed by atoms with van der Waals surface area (Å²) in [5.74, 6) is 0.891. The Balaban J connectivity index is 1.29. The number of hydrogen-bond acceptors (Lipinski definition) is 3. The van der Waals surface area contributed by atoms with Gasteiger partial charge in [0.05, 0.1) is 12.1 Å². The Morgan fingerprint density at radius 1 is 1.00 bits per heavy atom. The van der Waals surface area contributed by atoms with E-state index in [1.54, 1.807) is 0 Å². The Hall–Kier alpha value is -2.79. The summed E-state index contributed by atoms with van der Waals surface area (Å²) in [4.78, 5) is 15.8. The molecular formula is C29H37N3O2. The Morgan fingerprint density at radius 2 is 1.79 bits per heavy atom. The molecule has 34 heavy (non-hydrogen) atoms. The molecule has 1 aliphatic carbocycles. The van der Waals surface area contributed by atoms with Crippen LogP contribution in [0.4, 0.5) is 0 Å². The highest BCUT2D eigenvalue weighted by atomic mass is 16.5. The second-order valence-corrected chi connectivity index (χ2v) is 9.96. The van der Waals surface area contributed by atoms with Crippen molar-refractivity contribution in [2.45, 2.75) is 70.4 Å². The van der Waals surface area contributed by atoms with Crippen LogP contribution in [0.5, 0.6) is 5.75 Å². The van der Waals surface area contributed by atoms with E-state index in [2.05, 4.69) is 46.0 Å². The number of aromatic nitrogens is 1. The topological polar surface area (TPSA) is 46.5 Å². The van der Waals surface area contributed by atoms with Gasteiger partial charge in [-0.25, -0.2) is 0 Å². The summed E-state index contributed by atoms with van der Waals surface area (Å²) >= 11 is 0. The fraction of sp³-hybridized carbons (Fsp3) is 0.483. The van der Waals surface area contributed by atoms with Gasteiger partial charge in [0.2, 0.25) is 0 Å². The predicted molar refractivity (Wildman–Crippen MR) is 138 cm³/mol. The lowest BCUT2D eigenvalue weighted by Gasteiger charge is -2.23. The molecular weight excluding hydrogens is 422 g/mol. The van der Waals surface area contributed by atoms with Gasteiger partial charge in [-0.3, -0.25) is 4.79 Å². The Bertz CT molecular complexity index is 1100. The minimum Gasteiger partial charge on any atom is -0.494 e. The Labute approximate surface area is 203 Å². The van der Waals surface area contributed by atoms with Crippen molar-refractivity contribution in [1.29, 1.82) is 0 Å². The summed E-state index contributed by atoms with van der Waals surface area (Å²) in [6.07, 6.45) is 9.51. The fourth-order valence-electron chi connectivity index (χ4n) is 5.58. The smallest absolute Gasteiger partial charge is 0.268 e. The number of carbonyl (C=O) groups excluding carboxylic acids is 1. The van der Waals surface area contributed by atoms with Crippen LogP contribution < -0.4 is 10.1 Å². The van der Waals surface area contributed by atoms with E-state index in [1.165, 1.54) is 38.6 Å². The monoisotopic (exact) mass is 459 g/mol. The molecule has 0 radical (unpaired) electrons. The molecule has 2 fully saturated rings. The van der Waals surface area contributed by atoms with Gasteiger partial charge in [0.25, 0.3) is 5.91 Å². The number of nitrogens with one attached hydrogen (secondary N) is 1. The molecule has 1 unspecified atom stereocenters. The fourth-order valence-corrected chi connectivity index (χ4v) is 5.58. The first-order valence-electron chi connectivity index (χ1n) is 13.1. The average Bonchev–Trinajstić information content (AvgIpc) is 3.46. The number of ether oxygens (including phenoxy) is 1. The lowest BCUT2D eigenvalue weighted by Crippen LogP contribution is -2.37. The molecule has 1 aromatic heterocycles. The maximum Gasteiger partial charge on any atom is 0.268 e. The predicted octanol–water partition coefficient (Wildman–Crippen LogP) is 5.95. The van der Waals surface area contributed by atoms with Gasteiger partial charge in [0.15, 0.2) is 0 Å². The third-order valence-corrected chi connectivity index (χ3v) is 7.53. The number of rotatable bonds is 8. The summed E-state index contributed by atoms with van der Waals surface area (Å²) in [6.45, 7) is 5.37. The van der Waals surface area contributed by atoms with Crippen molar-refractivity contribution in [2.75, 3.05) is 19.7 Å². The van der Waals surface area contributed by atoms with Crippen molar-refractivity contribution in [3.05, 3.63) is 60.3 Å². The molecule has 1 atom stereocenters. The zero-order valence-electron chi connectivity index (χ0n) is 20.3. The van der Waals surface area contributed by atoms with Crippen molar-refractivity contribution in [1.82, 2.24) is 14.8 Å². The highest BCUT2D eigenvalue weighted by Gasteiger charge is 2.22. The highest BCUT2D eigenvalue weighted by molar-refractivity contribution is 6.00. The molecule has 1 N–H and O–H groups in total. The molecule has 5 nitrogen and oxygen atoms in total. The van der Waals surface area contributed by atoms with Crippen molar-refractivity contribution >= 4 is 16.8 Å². The second kappa shape index (κ2) is 10.6. The minimum atomic E-state index is 0.0135. The molecule has 1 saturated carbocycles. The van der Waals surface area contributed by atoms with Gasteiger partial charge in [0.1, 0.15) is 11.4 Å². The van der Waals surface area contributed by atoms with Crippen LogP contribution in [0.15, 0.2) is 54.6 Å². The van der Waals surface area contributed by atoms with Crippen molar-refractivity contribution in [3.63, 3.8) is 0 Å². The van der Waals surface area contributed by atoms with E-state index in [0.717, 1.165) is 54.8 Å². The highest BCUT2D eigenvalue weighted by Crippen LogP contribution is 2.27. The molecule has 2 aliphatic rings. The molecule has 3 aromatic rings. The maximum absolute atomic E-state index is 13.3. The number of hydrogen-bond donors (Lipinski definition) is 1. The van der Waals surface area contributed by atoms with E-state index >= 15 is 0 Å². The maximum atomic E-state index is 13.3. The van der Waals surface area contributed by atoms with E-state index in [4.69, 9.17) is 4.74 Å². The molecule has 0 bridgehead atoms. The summed E-state index contributed by atoms with van der Waals surface area (Å²) in [5, 5.41) is 4.37. The van der Waals surface area contributed by atoms with Crippen LogP contribution >= 0.6 is 0 Å². The average molecular weight is 460 g/mol. The second-order valence-electron chi connectivity index (χ2n) is 9.96. The van der Waals surface area contributed by atoms with Crippen LogP contribution in [0.3, 0.4) is 0 Å². The standard InChI is InChI=1S/C29H37N3O2/c1-22-9-7-18-31(22)19-8-20-34-26-16-14-25(15-17-26)32-27-13-6-5-10-23(27)21-28(32)29(33)30-24-11-3-2-4-12-24/h5-6,10,13-17,21-22,24H,2-4,7-9,11-12,18-20H2,1H3,(H,30,33). The number of carbonyl (C=O) groups is 1. The summed E-state index contributed by atoms with van der Waals surface area (Å²) in [6, 6.07) is 19.4. The van der Waals surface area contributed by atoms with E-state index in [9.17, 15) is 4.79 Å². The molecule has 2 aromatic carbocycles. The first kappa shape index (κ1) is 23.0. The SMILES string of the molecule is CC1CCCN1CCCOc1ccc(-n2c(C(=O)NC3CCCCC3)cc3ccccc32)cc1. The third-order valence-electron chi connectivity index (χ3n) is 7.53. The van der Waals surface area contributed by atoms with Crippen LogP contribution in [0.1, 0.15) is 68.8 Å². The lowest BCUT2D eigenvalue weighted by molar-refractivity contribution is 0.0921. The van der Waals surface area contributed by atoms with Gasteiger partial charge in [-0.15, -0.1) is 0 Å². The zero-order valence-corrected chi connectivity index (χ0v) is 20.3. The minimum absolute atomic E-state index is 0.0135. The number of para-hydroxylation sites is 1. The van der Waals surface area contributed by atoms with Gasteiger partial charge in [-0.2, -0.15) is 0 Å². The first-order chi connectivity index (χ1) is 16.7. The van der Waals surface area contributed by atoms with E-state index in [1.807, 2.05) is 30.3 Å². The van der Waals surface area contributed by atoms with Gasteiger partial charge in [0, 0.05) is 29.7 Å². The lowest BCUT2D eigenvalue weighted by atomic mass is 9.95. The number of fused-ring (bicyclic) bond motifs is 1. The number of amides is 1. The zero-order chi connectivity index (χ0) is 23.3. The molecule has 5 heteroatoms. The third kappa shape index (κ3) is 5.15. The van der Waals surface area contributed by atoms with Crippen molar-refractivity contribution in [3.8, 4) is 11.4 Å². The summed E-state index contributed by atoms with van der Waals surface area (Å²) in [7, 11) is 0. The molecule has 2 heterocycles. The Morgan fingerprint density at radius 3 is 2.56 bits per heavy atom. The molecule has 5 rings (SSSR count). The largest absolute Gasteiger partial charge is 0.494 e. The van der Waals surface area contributed by atoms with Crippen LogP contribution in [-0.2, 0) is 0 Å².